The van der Waals surface area contributed by atoms with Gasteiger partial charge in [-0.05, 0) is 24.6 Å². The normalized spacial score (nSPS) is 9.57. The molecule has 3 nitrogen and oxygen atoms in total. The number of rotatable bonds is 4. The summed E-state index contributed by atoms with van der Waals surface area (Å²) in [5.41, 5.74) is 0.637. The largest absolute Gasteiger partial charge is 0.497 e. The molecule has 0 bridgehead atoms. The van der Waals surface area contributed by atoms with Crippen LogP contribution >= 0.6 is 0 Å². The van der Waals surface area contributed by atoms with E-state index in [4.69, 9.17) is 4.74 Å². The van der Waals surface area contributed by atoms with Crippen LogP contribution in [0.1, 0.15) is 23.7 Å². The lowest BCUT2D eigenvalue weighted by Crippen LogP contribution is -2.23. The highest BCUT2D eigenvalue weighted by atomic mass is 16.5. The Bertz CT molecular complexity index is 310. The average molecular weight is 193 g/mol. The lowest BCUT2D eigenvalue weighted by Gasteiger charge is -2.04. The number of amides is 1. The van der Waals surface area contributed by atoms with Crippen molar-refractivity contribution >= 4 is 5.91 Å². The fourth-order valence-electron chi connectivity index (χ4n) is 1.10. The Hall–Kier alpha value is -1.51. The van der Waals surface area contributed by atoms with E-state index in [0.717, 1.165) is 6.42 Å². The molecule has 0 aliphatic rings. The molecule has 1 rings (SSSR count). The van der Waals surface area contributed by atoms with Gasteiger partial charge in [-0.1, -0.05) is 13.0 Å². The molecule has 0 saturated heterocycles. The number of hydrogen-bond donors (Lipinski definition) is 1. The maximum absolute atomic E-state index is 11.5. The number of carbonyl (C=O) groups excluding carboxylic acids is 1. The number of benzene rings is 1. The van der Waals surface area contributed by atoms with Gasteiger partial charge in [0.25, 0.3) is 5.91 Å². The molecule has 3 heteroatoms. The quantitative estimate of drug-likeness (QED) is 0.792. The Labute approximate surface area is 84.1 Å². The van der Waals surface area contributed by atoms with Crippen LogP contribution in [0.5, 0.6) is 5.75 Å². The second-order valence-electron chi connectivity index (χ2n) is 2.99. The van der Waals surface area contributed by atoms with Gasteiger partial charge in [-0.3, -0.25) is 4.79 Å². The first kappa shape index (κ1) is 10.6. The van der Waals surface area contributed by atoms with E-state index in [1.807, 2.05) is 13.0 Å². The molecule has 1 amide bonds. The molecule has 14 heavy (non-hydrogen) atoms. The minimum atomic E-state index is -0.0502. The maximum Gasteiger partial charge on any atom is 0.251 e. The number of carbonyl (C=O) groups is 1. The minimum absolute atomic E-state index is 0.0502. The summed E-state index contributed by atoms with van der Waals surface area (Å²) in [6.07, 6.45) is 0.940. The number of methoxy groups -OCH3 is 1. The maximum atomic E-state index is 11.5. The lowest BCUT2D eigenvalue weighted by atomic mass is 10.2. The van der Waals surface area contributed by atoms with Crippen molar-refractivity contribution in [1.82, 2.24) is 5.32 Å². The Kier molecular flexibility index (Phi) is 3.98. The summed E-state index contributed by atoms with van der Waals surface area (Å²) in [4.78, 5) is 11.5. The van der Waals surface area contributed by atoms with Gasteiger partial charge < -0.3 is 10.1 Å². The van der Waals surface area contributed by atoms with E-state index in [1.165, 1.54) is 0 Å². The summed E-state index contributed by atoms with van der Waals surface area (Å²) in [5, 5.41) is 2.81. The summed E-state index contributed by atoms with van der Waals surface area (Å²) < 4.78 is 5.03. The zero-order chi connectivity index (χ0) is 10.4. The third kappa shape index (κ3) is 2.76. The van der Waals surface area contributed by atoms with E-state index in [0.29, 0.717) is 17.9 Å². The van der Waals surface area contributed by atoms with E-state index in [1.54, 1.807) is 25.3 Å². The monoisotopic (exact) mass is 193 g/mol. The fraction of sp³-hybridized carbons (Fsp3) is 0.364. The number of hydrogen-bond acceptors (Lipinski definition) is 2. The van der Waals surface area contributed by atoms with E-state index >= 15 is 0 Å². The van der Waals surface area contributed by atoms with Crippen LogP contribution in [0.3, 0.4) is 0 Å². The fourth-order valence-corrected chi connectivity index (χ4v) is 1.10. The predicted molar refractivity (Wildman–Crippen MR) is 55.6 cm³/mol. The molecule has 0 aliphatic heterocycles. The molecule has 0 atom stereocenters. The van der Waals surface area contributed by atoms with Crippen LogP contribution in [0.25, 0.3) is 0 Å². The average Bonchev–Trinajstić information content (AvgIpc) is 2.26. The van der Waals surface area contributed by atoms with Gasteiger partial charge in [0, 0.05) is 12.1 Å². The highest BCUT2D eigenvalue weighted by Gasteiger charge is 2.04. The third-order valence-corrected chi connectivity index (χ3v) is 1.87. The minimum Gasteiger partial charge on any atom is -0.497 e. The zero-order valence-electron chi connectivity index (χ0n) is 8.54. The van der Waals surface area contributed by atoms with Crippen molar-refractivity contribution in [1.29, 1.82) is 0 Å². The standard InChI is InChI=1S/C11H15NO2/c1-3-7-12-11(13)9-5-4-6-10(8-9)14-2/h4-6,8H,3,7H2,1-2H3,(H,12,13). The Morgan fingerprint density at radius 3 is 2.93 bits per heavy atom. The van der Waals surface area contributed by atoms with Crippen molar-refractivity contribution < 1.29 is 9.53 Å². The van der Waals surface area contributed by atoms with Gasteiger partial charge >= 0.3 is 0 Å². The Morgan fingerprint density at radius 1 is 1.50 bits per heavy atom. The highest BCUT2D eigenvalue weighted by Crippen LogP contribution is 2.12. The summed E-state index contributed by atoms with van der Waals surface area (Å²) in [6, 6.07) is 7.12. The van der Waals surface area contributed by atoms with E-state index < -0.39 is 0 Å². The summed E-state index contributed by atoms with van der Waals surface area (Å²) >= 11 is 0. The van der Waals surface area contributed by atoms with Gasteiger partial charge in [-0.15, -0.1) is 0 Å². The van der Waals surface area contributed by atoms with Crippen molar-refractivity contribution in [2.45, 2.75) is 13.3 Å². The van der Waals surface area contributed by atoms with E-state index in [9.17, 15) is 4.79 Å². The topological polar surface area (TPSA) is 38.3 Å². The van der Waals surface area contributed by atoms with Crippen LogP contribution in [0.15, 0.2) is 24.3 Å². The van der Waals surface area contributed by atoms with Gasteiger partial charge in [0.1, 0.15) is 5.75 Å². The zero-order valence-corrected chi connectivity index (χ0v) is 8.54. The molecule has 76 valence electrons. The SMILES string of the molecule is CCCNC(=O)c1cccc(OC)c1. The summed E-state index contributed by atoms with van der Waals surface area (Å²) in [5.74, 6) is 0.653. The molecule has 0 fully saturated rings. The van der Waals surface area contributed by atoms with Crippen LogP contribution in [-0.4, -0.2) is 19.6 Å². The first-order chi connectivity index (χ1) is 6.77. The van der Waals surface area contributed by atoms with Crippen molar-refractivity contribution in [3.63, 3.8) is 0 Å². The van der Waals surface area contributed by atoms with E-state index in [-0.39, 0.29) is 5.91 Å². The Balaban J connectivity index is 2.69. The molecule has 0 spiro atoms. The van der Waals surface area contributed by atoms with Crippen molar-refractivity contribution in [3.05, 3.63) is 29.8 Å². The molecule has 0 saturated carbocycles. The number of nitrogens with one attached hydrogen (secondary N) is 1. The molecular formula is C11H15NO2. The van der Waals surface area contributed by atoms with Gasteiger partial charge in [0.05, 0.1) is 7.11 Å². The third-order valence-electron chi connectivity index (χ3n) is 1.87. The molecular weight excluding hydrogens is 178 g/mol. The highest BCUT2D eigenvalue weighted by molar-refractivity contribution is 5.94. The molecule has 0 heterocycles. The molecule has 0 aromatic heterocycles. The van der Waals surface area contributed by atoms with Gasteiger partial charge in [0.2, 0.25) is 0 Å². The molecule has 1 N–H and O–H groups in total. The first-order valence-corrected chi connectivity index (χ1v) is 4.70. The first-order valence-electron chi connectivity index (χ1n) is 4.70. The van der Waals surface area contributed by atoms with Crippen LogP contribution in [-0.2, 0) is 0 Å². The second-order valence-corrected chi connectivity index (χ2v) is 2.99. The van der Waals surface area contributed by atoms with Gasteiger partial charge in [-0.2, -0.15) is 0 Å². The van der Waals surface area contributed by atoms with Crippen LogP contribution in [0.4, 0.5) is 0 Å². The smallest absolute Gasteiger partial charge is 0.251 e. The molecule has 1 aromatic carbocycles. The van der Waals surface area contributed by atoms with E-state index in [2.05, 4.69) is 5.32 Å². The van der Waals surface area contributed by atoms with Crippen LogP contribution in [0.2, 0.25) is 0 Å². The summed E-state index contributed by atoms with van der Waals surface area (Å²) in [6.45, 7) is 2.72. The molecule has 0 aliphatic carbocycles. The van der Waals surface area contributed by atoms with Crippen LogP contribution in [0, 0.1) is 0 Å². The van der Waals surface area contributed by atoms with Crippen molar-refractivity contribution in [2.75, 3.05) is 13.7 Å². The predicted octanol–water partition coefficient (Wildman–Crippen LogP) is 1.83. The summed E-state index contributed by atoms with van der Waals surface area (Å²) in [7, 11) is 1.59. The lowest BCUT2D eigenvalue weighted by molar-refractivity contribution is 0.0953. The molecule has 0 unspecified atom stereocenters. The van der Waals surface area contributed by atoms with Gasteiger partial charge in [0.15, 0.2) is 0 Å². The van der Waals surface area contributed by atoms with Crippen LogP contribution < -0.4 is 10.1 Å². The number of ether oxygens (including phenoxy) is 1. The van der Waals surface area contributed by atoms with Crippen molar-refractivity contribution in [3.8, 4) is 5.75 Å². The second kappa shape index (κ2) is 5.27. The van der Waals surface area contributed by atoms with Gasteiger partial charge in [-0.25, -0.2) is 0 Å². The Morgan fingerprint density at radius 2 is 2.29 bits per heavy atom. The van der Waals surface area contributed by atoms with Crippen molar-refractivity contribution in [2.24, 2.45) is 0 Å². The molecule has 0 radical (unpaired) electrons. The molecule has 1 aromatic rings.